The number of nitrogens with zero attached hydrogens (tertiary/aromatic N) is 5. The number of halogens is 2. The van der Waals surface area contributed by atoms with Crippen LogP contribution in [0.4, 0.5) is 26.1 Å². The smallest absolute Gasteiger partial charge is 0.303 e. The Hall–Kier alpha value is -3.05. The minimum Gasteiger partial charge on any atom is -0.339 e. The van der Waals surface area contributed by atoms with Crippen molar-refractivity contribution in [2.75, 3.05) is 23.7 Å². The van der Waals surface area contributed by atoms with Gasteiger partial charge in [0.1, 0.15) is 16.6 Å². The summed E-state index contributed by atoms with van der Waals surface area (Å²) >= 11 is 1.55. The van der Waals surface area contributed by atoms with Gasteiger partial charge in [-0.3, -0.25) is 9.69 Å². The molecule has 3 aromatic heterocycles. The zero-order valence-electron chi connectivity index (χ0n) is 18.7. The lowest BCUT2D eigenvalue weighted by Gasteiger charge is -2.15. The molecule has 0 bridgehead atoms. The van der Waals surface area contributed by atoms with Crippen molar-refractivity contribution in [2.24, 2.45) is 0 Å². The van der Waals surface area contributed by atoms with Crippen LogP contribution < -0.4 is 10.6 Å². The highest BCUT2D eigenvalue weighted by molar-refractivity contribution is 7.15. The van der Waals surface area contributed by atoms with E-state index < -0.39 is 11.7 Å². The molecule has 0 atom stereocenters. The molecule has 174 valence electrons. The third kappa shape index (κ3) is 5.85. The Morgan fingerprint density at radius 2 is 1.91 bits per heavy atom. The molecule has 1 fully saturated rings. The molecule has 0 unspecified atom stereocenters. The number of aryl methyl sites for hydroxylation is 1. The number of likely N-dealkylation sites (tertiary alicyclic amines) is 1. The lowest BCUT2D eigenvalue weighted by Crippen LogP contribution is -2.17. The summed E-state index contributed by atoms with van der Waals surface area (Å²) in [5.74, 6) is -3.47. The van der Waals surface area contributed by atoms with E-state index in [4.69, 9.17) is 0 Å². The predicted octanol–water partition coefficient (Wildman–Crippen LogP) is 4.71. The van der Waals surface area contributed by atoms with Crippen molar-refractivity contribution in [3.8, 4) is 10.6 Å². The molecule has 0 aromatic carbocycles. The number of amides is 1. The summed E-state index contributed by atoms with van der Waals surface area (Å²) < 4.78 is 27.7. The minimum atomic E-state index is -3.18. The summed E-state index contributed by atoms with van der Waals surface area (Å²) in [5, 5.41) is 6.48. The first kappa shape index (κ1) is 23.1. The van der Waals surface area contributed by atoms with E-state index in [0.29, 0.717) is 22.8 Å². The first-order chi connectivity index (χ1) is 15.7. The van der Waals surface area contributed by atoms with Crippen molar-refractivity contribution in [3.05, 3.63) is 40.9 Å². The number of carbonyl (C=O) groups is 1. The molecule has 33 heavy (non-hydrogen) atoms. The van der Waals surface area contributed by atoms with Gasteiger partial charge < -0.3 is 10.6 Å². The topological polar surface area (TPSA) is 95.9 Å². The van der Waals surface area contributed by atoms with Gasteiger partial charge in [-0.2, -0.15) is 8.78 Å². The number of alkyl halides is 2. The average Bonchev–Trinajstić information content (AvgIpc) is 3.39. The molecule has 1 amide bonds. The highest BCUT2D eigenvalue weighted by Gasteiger charge is 2.29. The van der Waals surface area contributed by atoms with E-state index in [9.17, 15) is 13.6 Å². The molecule has 8 nitrogen and oxygen atoms in total. The van der Waals surface area contributed by atoms with Gasteiger partial charge in [-0.05, 0) is 32.9 Å². The van der Waals surface area contributed by atoms with Crippen molar-refractivity contribution < 1.29 is 13.6 Å². The summed E-state index contributed by atoms with van der Waals surface area (Å²) in [6, 6.07) is 3.22. The summed E-state index contributed by atoms with van der Waals surface area (Å²) in [5.41, 5.74) is 1.63. The highest BCUT2D eigenvalue weighted by Crippen LogP contribution is 2.35. The quantitative estimate of drug-likeness (QED) is 0.513. The van der Waals surface area contributed by atoms with Crippen LogP contribution in [0.15, 0.2) is 24.5 Å². The van der Waals surface area contributed by atoms with Crippen molar-refractivity contribution in [2.45, 2.75) is 46.1 Å². The van der Waals surface area contributed by atoms with Crippen LogP contribution in [0.5, 0.6) is 0 Å². The number of nitrogens with one attached hydrogen (secondary N) is 2. The van der Waals surface area contributed by atoms with Crippen molar-refractivity contribution in [1.82, 2.24) is 24.8 Å². The Balaban J connectivity index is 1.68. The van der Waals surface area contributed by atoms with Gasteiger partial charge in [0.15, 0.2) is 0 Å². The molecule has 0 spiro atoms. The lowest BCUT2D eigenvalue weighted by molar-refractivity contribution is -0.114. The number of pyridine rings is 1. The van der Waals surface area contributed by atoms with Gasteiger partial charge in [0.05, 0.1) is 11.3 Å². The average molecular weight is 474 g/mol. The van der Waals surface area contributed by atoms with E-state index in [1.54, 1.807) is 36.6 Å². The molecular formula is C22H25F2N7OS. The van der Waals surface area contributed by atoms with Gasteiger partial charge >= 0.3 is 5.92 Å². The molecule has 4 heterocycles. The van der Waals surface area contributed by atoms with Crippen LogP contribution in [-0.2, 0) is 17.3 Å². The van der Waals surface area contributed by atoms with Gasteiger partial charge in [0.25, 0.3) is 0 Å². The van der Waals surface area contributed by atoms with Crippen LogP contribution in [0.25, 0.3) is 10.6 Å². The van der Waals surface area contributed by atoms with Gasteiger partial charge in [0, 0.05) is 55.5 Å². The molecule has 3 aromatic rings. The number of hydrogen-bond acceptors (Lipinski definition) is 8. The summed E-state index contributed by atoms with van der Waals surface area (Å²) in [6.07, 6.45) is 5.89. The fraction of sp³-hybridized carbons (Fsp3) is 0.409. The standard InChI is InChI=1S/C22H25F2N7OS/c1-13-8-19(30-21(27-13)22(3,23)24)29-17-9-18(28-14(2)32)25-11-16(17)20-26-10-15(33-20)12-31-6-4-5-7-31/h8-11H,4-7,12H2,1-3H3,(H2,25,27,28,29,30,32). The van der Waals surface area contributed by atoms with Gasteiger partial charge in [0.2, 0.25) is 11.7 Å². The van der Waals surface area contributed by atoms with Crippen LogP contribution in [-0.4, -0.2) is 43.8 Å². The summed E-state index contributed by atoms with van der Waals surface area (Å²) in [7, 11) is 0. The second kappa shape index (κ2) is 9.44. The van der Waals surface area contributed by atoms with E-state index in [2.05, 4.69) is 35.5 Å². The molecule has 1 aliphatic heterocycles. The Kier molecular flexibility index (Phi) is 6.61. The molecular weight excluding hydrogens is 448 g/mol. The van der Waals surface area contributed by atoms with Gasteiger partial charge in [-0.1, -0.05) is 0 Å². The molecule has 1 aliphatic rings. The number of thiazole rings is 1. The predicted molar refractivity (Wildman–Crippen MR) is 124 cm³/mol. The first-order valence-electron chi connectivity index (χ1n) is 10.6. The molecule has 0 aliphatic carbocycles. The normalized spacial score (nSPS) is 14.5. The van der Waals surface area contributed by atoms with Gasteiger partial charge in [-0.25, -0.2) is 19.9 Å². The first-order valence-corrected chi connectivity index (χ1v) is 11.4. The number of aromatic nitrogens is 4. The van der Waals surface area contributed by atoms with E-state index in [1.165, 1.54) is 19.8 Å². The lowest BCUT2D eigenvalue weighted by atomic mass is 10.2. The second-order valence-electron chi connectivity index (χ2n) is 8.14. The number of rotatable bonds is 7. The fourth-order valence-electron chi connectivity index (χ4n) is 3.61. The van der Waals surface area contributed by atoms with Crippen molar-refractivity contribution in [3.63, 3.8) is 0 Å². The third-order valence-electron chi connectivity index (χ3n) is 5.08. The maximum absolute atomic E-state index is 13.9. The van der Waals surface area contributed by atoms with Crippen LogP contribution in [0.3, 0.4) is 0 Å². The Bertz CT molecular complexity index is 1160. The van der Waals surface area contributed by atoms with Crippen LogP contribution in [0.2, 0.25) is 0 Å². The van der Waals surface area contributed by atoms with Gasteiger partial charge in [-0.15, -0.1) is 11.3 Å². The van der Waals surface area contributed by atoms with Crippen molar-refractivity contribution in [1.29, 1.82) is 0 Å². The Morgan fingerprint density at radius 3 is 2.61 bits per heavy atom. The van der Waals surface area contributed by atoms with Crippen LogP contribution in [0.1, 0.15) is 43.1 Å². The number of hydrogen-bond donors (Lipinski definition) is 2. The third-order valence-corrected chi connectivity index (χ3v) is 6.10. The van der Waals surface area contributed by atoms with E-state index in [-0.39, 0.29) is 11.7 Å². The SMILES string of the molecule is CC(=O)Nc1cc(Nc2cc(C)nc(C(C)(F)F)n2)c(-c2ncc(CN3CCCC3)s2)cn1. The van der Waals surface area contributed by atoms with Crippen molar-refractivity contribution >= 4 is 34.6 Å². The van der Waals surface area contributed by atoms with E-state index in [1.807, 2.05) is 6.20 Å². The molecule has 0 saturated carbocycles. The number of carbonyl (C=O) groups excluding carboxylic acids is 1. The Morgan fingerprint density at radius 1 is 1.15 bits per heavy atom. The summed E-state index contributed by atoms with van der Waals surface area (Å²) in [6.45, 7) is 6.80. The zero-order valence-corrected chi connectivity index (χ0v) is 19.5. The Labute approximate surface area is 194 Å². The molecule has 1 saturated heterocycles. The minimum absolute atomic E-state index is 0.217. The number of anilines is 3. The van der Waals surface area contributed by atoms with Crippen LogP contribution >= 0.6 is 11.3 Å². The molecule has 4 rings (SSSR count). The maximum atomic E-state index is 13.9. The fourth-order valence-corrected chi connectivity index (χ4v) is 4.59. The van der Waals surface area contributed by atoms with E-state index >= 15 is 0 Å². The van der Waals surface area contributed by atoms with E-state index in [0.717, 1.165) is 36.4 Å². The molecule has 11 heteroatoms. The maximum Gasteiger partial charge on any atom is 0.303 e. The summed E-state index contributed by atoms with van der Waals surface area (Å²) in [4.78, 5) is 31.8. The van der Waals surface area contributed by atoms with Crippen LogP contribution in [0, 0.1) is 6.92 Å². The monoisotopic (exact) mass is 473 g/mol. The zero-order chi connectivity index (χ0) is 23.6. The highest BCUT2D eigenvalue weighted by atomic mass is 32.1. The molecule has 0 radical (unpaired) electrons. The molecule has 2 N–H and O–H groups in total. The largest absolute Gasteiger partial charge is 0.339 e. The second-order valence-corrected chi connectivity index (χ2v) is 9.26.